The van der Waals surface area contributed by atoms with Crippen molar-refractivity contribution < 1.29 is 4.74 Å². The summed E-state index contributed by atoms with van der Waals surface area (Å²) in [5.41, 5.74) is 1.21. The average Bonchev–Trinajstić information content (AvgIpc) is 2.53. The fourth-order valence-electron chi connectivity index (χ4n) is 1.71. The molecule has 0 atom stereocenters. The van der Waals surface area contributed by atoms with Gasteiger partial charge in [-0.25, -0.2) is 0 Å². The molecule has 0 radical (unpaired) electrons. The molecule has 0 amide bonds. The SMILES string of the molecule is CCCNc1nc(NCCc2ccncc2)nc(OC)n1. The topological polar surface area (TPSA) is 84.9 Å². The van der Waals surface area contributed by atoms with Gasteiger partial charge in [0.1, 0.15) is 0 Å². The van der Waals surface area contributed by atoms with Crippen LogP contribution in [0.2, 0.25) is 0 Å². The van der Waals surface area contributed by atoms with Crippen molar-refractivity contribution in [2.75, 3.05) is 30.8 Å². The van der Waals surface area contributed by atoms with Crippen LogP contribution in [-0.4, -0.2) is 40.1 Å². The third-order valence-corrected chi connectivity index (χ3v) is 2.78. The molecule has 2 N–H and O–H groups in total. The highest BCUT2D eigenvalue weighted by Crippen LogP contribution is 2.10. The van der Waals surface area contributed by atoms with Crippen LogP contribution in [0.25, 0.3) is 0 Å². The second kappa shape index (κ2) is 7.98. The molecule has 112 valence electrons. The van der Waals surface area contributed by atoms with E-state index in [2.05, 4.69) is 37.5 Å². The van der Waals surface area contributed by atoms with Crippen molar-refractivity contribution in [1.29, 1.82) is 0 Å². The highest BCUT2D eigenvalue weighted by molar-refractivity contribution is 5.36. The van der Waals surface area contributed by atoms with Gasteiger partial charge in [0.15, 0.2) is 0 Å². The molecule has 0 saturated carbocycles. The van der Waals surface area contributed by atoms with Gasteiger partial charge in [0.2, 0.25) is 11.9 Å². The van der Waals surface area contributed by atoms with E-state index in [1.807, 2.05) is 12.1 Å². The van der Waals surface area contributed by atoms with Crippen molar-refractivity contribution in [3.63, 3.8) is 0 Å². The minimum absolute atomic E-state index is 0.301. The van der Waals surface area contributed by atoms with E-state index in [1.165, 1.54) is 5.56 Å². The van der Waals surface area contributed by atoms with Crippen molar-refractivity contribution in [3.8, 4) is 6.01 Å². The molecule has 0 spiro atoms. The van der Waals surface area contributed by atoms with Crippen molar-refractivity contribution in [2.45, 2.75) is 19.8 Å². The molecule has 0 saturated heterocycles. The van der Waals surface area contributed by atoms with Crippen LogP contribution in [0.5, 0.6) is 6.01 Å². The summed E-state index contributed by atoms with van der Waals surface area (Å²) in [4.78, 5) is 16.6. The van der Waals surface area contributed by atoms with Crippen molar-refractivity contribution in [3.05, 3.63) is 30.1 Å². The van der Waals surface area contributed by atoms with Gasteiger partial charge in [-0.3, -0.25) is 4.98 Å². The van der Waals surface area contributed by atoms with Gasteiger partial charge >= 0.3 is 6.01 Å². The molecule has 21 heavy (non-hydrogen) atoms. The van der Waals surface area contributed by atoms with E-state index >= 15 is 0 Å². The molecular formula is C14H20N6O. The van der Waals surface area contributed by atoms with Crippen LogP contribution < -0.4 is 15.4 Å². The van der Waals surface area contributed by atoms with Gasteiger partial charge in [-0.15, -0.1) is 0 Å². The van der Waals surface area contributed by atoms with Gasteiger partial charge in [-0.2, -0.15) is 15.0 Å². The Balaban J connectivity index is 1.95. The molecule has 2 rings (SSSR count). The number of aromatic nitrogens is 4. The van der Waals surface area contributed by atoms with Crippen LogP contribution in [-0.2, 0) is 6.42 Å². The van der Waals surface area contributed by atoms with Crippen LogP contribution >= 0.6 is 0 Å². The summed E-state index contributed by atoms with van der Waals surface area (Å²) in [6.45, 7) is 3.62. The van der Waals surface area contributed by atoms with E-state index in [0.717, 1.165) is 25.9 Å². The Hall–Kier alpha value is -2.44. The molecule has 2 heterocycles. The summed E-state index contributed by atoms with van der Waals surface area (Å²) in [6, 6.07) is 4.28. The predicted octanol–water partition coefficient (Wildman–Crippen LogP) is 1.75. The number of nitrogens with zero attached hydrogens (tertiary/aromatic N) is 4. The fourth-order valence-corrected chi connectivity index (χ4v) is 1.71. The lowest BCUT2D eigenvalue weighted by molar-refractivity contribution is 0.379. The monoisotopic (exact) mass is 288 g/mol. The van der Waals surface area contributed by atoms with E-state index in [-0.39, 0.29) is 0 Å². The Labute approximate surface area is 124 Å². The van der Waals surface area contributed by atoms with Crippen molar-refractivity contribution >= 4 is 11.9 Å². The maximum atomic E-state index is 5.09. The maximum Gasteiger partial charge on any atom is 0.322 e. The Kier molecular flexibility index (Phi) is 5.69. The summed E-state index contributed by atoms with van der Waals surface area (Å²) < 4.78 is 5.09. The number of rotatable bonds is 8. The molecule has 0 fully saturated rings. The zero-order valence-electron chi connectivity index (χ0n) is 12.3. The molecule has 0 unspecified atom stereocenters. The Morgan fingerprint density at radius 3 is 2.29 bits per heavy atom. The quantitative estimate of drug-likeness (QED) is 0.765. The third kappa shape index (κ3) is 4.87. The number of nitrogens with one attached hydrogen (secondary N) is 2. The molecular weight excluding hydrogens is 268 g/mol. The van der Waals surface area contributed by atoms with Gasteiger partial charge in [0, 0.05) is 25.5 Å². The molecule has 0 aliphatic rings. The van der Waals surface area contributed by atoms with E-state index in [0.29, 0.717) is 17.9 Å². The molecule has 0 aliphatic carbocycles. The smallest absolute Gasteiger partial charge is 0.322 e. The van der Waals surface area contributed by atoms with E-state index in [9.17, 15) is 0 Å². The van der Waals surface area contributed by atoms with Crippen molar-refractivity contribution in [2.24, 2.45) is 0 Å². The highest BCUT2D eigenvalue weighted by Gasteiger charge is 2.06. The second-order valence-corrected chi connectivity index (χ2v) is 4.43. The first-order valence-corrected chi connectivity index (χ1v) is 6.98. The molecule has 2 aromatic heterocycles. The number of pyridine rings is 1. The first kappa shape index (κ1) is 15.0. The zero-order valence-corrected chi connectivity index (χ0v) is 12.3. The summed E-state index contributed by atoms with van der Waals surface area (Å²) in [5.74, 6) is 1.03. The number of ether oxygens (including phenoxy) is 1. The number of anilines is 2. The average molecular weight is 288 g/mol. The van der Waals surface area contributed by atoms with Crippen LogP contribution in [0.4, 0.5) is 11.9 Å². The van der Waals surface area contributed by atoms with Gasteiger partial charge in [0.25, 0.3) is 0 Å². The van der Waals surface area contributed by atoms with Gasteiger partial charge < -0.3 is 15.4 Å². The molecule has 7 heteroatoms. The molecule has 7 nitrogen and oxygen atoms in total. The summed E-state index contributed by atoms with van der Waals surface area (Å²) >= 11 is 0. The van der Waals surface area contributed by atoms with Crippen molar-refractivity contribution in [1.82, 2.24) is 19.9 Å². The third-order valence-electron chi connectivity index (χ3n) is 2.78. The summed E-state index contributed by atoms with van der Waals surface area (Å²) in [7, 11) is 1.54. The normalized spacial score (nSPS) is 10.2. The van der Waals surface area contributed by atoms with Crippen LogP contribution in [0.1, 0.15) is 18.9 Å². The van der Waals surface area contributed by atoms with Crippen LogP contribution in [0.3, 0.4) is 0 Å². The lowest BCUT2D eigenvalue weighted by Crippen LogP contribution is -2.12. The Morgan fingerprint density at radius 2 is 1.67 bits per heavy atom. The van der Waals surface area contributed by atoms with E-state index in [4.69, 9.17) is 4.74 Å². The summed E-state index contributed by atoms with van der Waals surface area (Å²) in [5, 5.41) is 6.31. The minimum atomic E-state index is 0.301. The Bertz CT molecular complexity index is 548. The minimum Gasteiger partial charge on any atom is -0.467 e. The lowest BCUT2D eigenvalue weighted by atomic mass is 10.2. The molecule has 0 aromatic carbocycles. The number of hydrogen-bond acceptors (Lipinski definition) is 7. The standard InChI is InChI=1S/C14H20N6O/c1-3-7-16-12-18-13(20-14(19-12)21-2)17-10-6-11-4-8-15-9-5-11/h4-5,8-9H,3,6-7,10H2,1-2H3,(H2,16,17,18,19,20). The molecule has 0 aliphatic heterocycles. The first-order valence-electron chi connectivity index (χ1n) is 6.98. The van der Waals surface area contributed by atoms with E-state index in [1.54, 1.807) is 19.5 Å². The highest BCUT2D eigenvalue weighted by atomic mass is 16.5. The van der Waals surface area contributed by atoms with Gasteiger partial charge in [0.05, 0.1) is 7.11 Å². The fraction of sp³-hybridized carbons (Fsp3) is 0.429. The summed E-state index contributed by atoms with van der Waals surface area (Å²) in [6.07, 6.45) is 5.44. The largest absolute Gasteiger partial charge is 0.467 e. The first-order chi connectivity index (χ1) is 10.3. The number of hydrogen-bond donors (Lipinski definition) is 2. The van der Waals surface area contributed by atoms with Gasteiger partial charge in [-0.05, 0) is 30.5 Å². The van der Waals surface area contributed by atoms with E-state index < -0.39 is 0 Å². The number of methoxy groups -OCH3 is 1. The predicted molar refractivity (Wildman–Crippen MR) is 81.6 cm³/mol. The molecule has 2 aromatic rings. The van der Waals surface area contributed by atoms with Gasteiger partial charge in [-0.1, -0.05) is 6.92 Å². The maximum absolute atomic E-state index is 5.09. The zero-order chi connectivity index (χ0) is 14.9. The molecule has 0 bridgehead atoms. The van der Waals surface area contributed by atoms with Crippen LogP contribution in [0, 0.1) is 0 Å². The Morgan fingerprint density at radius 1 is 1.00 bits per heavy atom. The lowest BCUT2D eigenvalue weighted by Gasteiger charge is -2.09. The second-order valence-electron chi connectivity index (χ2n) is 4.43. The van der Waals surface area contributed by atoms with Crippen LogP contribution in [0.15, 0.2) is 24.5 Å².